The zero-order valence-corrected chi connectivity index (χ0v) is 7.02. The zero-order chi connectivity index (χ0) is 6.24. The van der Waals surface area contributed by atoms with Gasteiger partial charge >= 0.3 is 0 Å². The summed E-state index contributed by atoms with van der Waals surface area (Å²) in [4.78, 5) is 0. The smallest absolute Gasteiger partial charge is 0.00543 e. The minimum atomic E-state index is 1.18. The SMILES string of the molecule is CCSC=CSCC. The second kappa shape index (κ2) is 7.44. The van der Waals surface area contributed by atoms with Gasteiger partial charge in [-0.3, -0.25) is 0 Å². The third-order valence-corrected chi connectivity index (χ3v) is 2.08. The molecule has 0 bridgehead atoms. The third-order valence-electron chi connectivity index (χ3n) is 0.581. The summed E-state index contributed by atoms with van der Waals surface area (Å²) in [5, 5.41) is 4.29. The van der Waals surface area contributed by atoms with Crippen molar-refractivity contribution in [1.29, 1.82) is 0 Å². The molecule has 0 aromatic heterocycles. The van der Waals surface area contributed by atoms with Crippen LogP contribution in [0.5, 0.6) is 0 Å². The van der Waals surface area contributed by atoms with Gasteiger partial charge in [-0.2, -0.15) is 0 Å². The summed E-state index contributed by atoms with van der Waals surface area (Å²) in [5.74, 6) is 2.36. The molecule has 0 rings (SSSR count). The highest BCUT2D eigenvalue weighted by molar-refractivity contribution is 8.05. The summed E-state index contributed by atoms with van der Waals surface area (Å²) in [6, 6.07) is 0. The van der Waals surface area contributed by atoms with Gasteiger partial charge in [0.05, 0.1) is 0 Å². The molecule has 0 unspecified atom stereocenters. The summed E-state index contributed by atoms with van der Waals surface area (Å²) < 4.78 is 0. The second-order valence-corrected chi connectivity index (χ2v) is 3.55. The van der Waals surface area contributed by atoms with Gasteiger partial charge < -0.3 is 0 Å². The van der Waals surface area contributed by atoms with Gasteiger partial charge in [-0.15, -0.1) is 23.5 Å². The number of hydrogen-bond donors (Lipinski definition) is 0. The summed E-state index contributed by atoms with van der Waals surface area (Å²) in [6.45, 7) is 4.32. The van der Waals surface area contributed by atoms with Crippen molar-refractivity contribution >= 4 is 23.5 Å². The van der Waals surface area contributed by atoms with Crippen molar-refractivity contribution in [1.82, 2.24) is 0 Å². The van der Waals surface area contributed by atoms with Crippen LogP contribution >= 0.6 is 23.5 Å². The maximum Gasteiger partial charge on any atom is -0.00543 e. The Kier molecular flexibility index (Phi) is 7.85. The van der Waals surface area contributed by atoms with E-state index in [1.807, 2.05) is 23.5 Å². The Balaban J connectivity index is 2.83. The minimum Gasteiger partial charge on any atom is -0.134 e. The first-order valence-electron chi connectivity index (χ1n) is 2.80. The van der Waals surface area contributed by atoms with Gasteiger partial charge in [-0.05, 0) is 22.3 Å². The fraction of sp³-hybridized carbons (Fsp3) is 0.667. The molecule has 0 radical (unpaired) electrons. The van der Waals surface area contributed by atoms with Gasteiger partial charge in [0, 0.05) is 0 Å². The van der Waals surface area contributed by atoms with Crippen LogP contribution in [0.15, 0.2) is 10.8 Å². The highest BCUT2D eigenvalue weighted by Gasteiger charge is 1.72. The van der Waals surface area contributed by atoms with Crippen LogP contribution in [0, 0.1) is 0 Å². The van der Waals surface area contributed by atoms with Crippen LogP contribution in [-0.4, -0.2) is 11.5 Å². The Morgan fingerprint density at radius 1 is 1.00 bits per heavy atom. The van der Waals surface area contributed by atoms with E-state index >= 15 is 0 Å². The van der Waals surface area contributed by atoms with E-state index in [-0.39, 0.29) is 0 Å². The first-order valence-corrected chi connectivity index (χ1v) is 4.89. The first kappa shape index (κ1) is 8.44. The molecule has 8 heavy (non-hydrogen) atoms. The molecule has 0 spiro atoms. The predicted octanol–water partition coefficient (Wildman–Crippen LogP) is 2.96. The standard InChI is InChI=1S/C6H12S2/c1-3-7-5-6-8-4-2/h5-6H,3-4H2,1-2H3. The second-order valence-electron chi connectivity index (χ2n) is 1.18. The summed E-state index contributed by atoms with van der Waals surface area (Å²) in [7, 11) is 0. The number of thioether (sulfide) groups is 2. The van der Waals surface area contributed by atoms with E-state index in [9.17, 15) is 0 Å². The van der Waals surface area contributed by atoms with Crippen LogP contribution in [-0.2, 0) is 0 Å². The summed E-state index contributed by atoms with van der Waals surface area (Å²) in [6.07, 6.45) is 0. The van der Waals surface area contributed by atoms with Crippen LogP contribution in [0.1, 0.15) is 13.8 Å². The lowest BCUT2D eigenvalue weighted by Gasteiger charge is -1.83. The van der Waals surface area contributed by atoms with Gasteiger partial charge in [0.15, 0.2) is 0 Å². The average Bonchev–Trinajstić information content (AvgIpc) is 1.81. The molecule has 0 atom stereocenters. The van der Waals surface area contributed by atoms with Gasteiger partial charge in [-0.1, -0.05) is 13.8 Å². The molecule has 0 aromatic carbocycles. The molecular formula is C6H12S2. The molecule has 0 aliphatic carbocycles. The highest BCUT2D eigenvalue weighted by atomic mass is 32.2. The molecule has 48 valence electrons. The lowest BCUT2D eigenvalue weighted by molar-refractivity contribution is 1.53. The molecule has 0 aromatic rings. The topological polar surface area (TPSA) is 0 Å². The lowest BCUT2D eigenvalue weighted by Crippen LogP contribution is -1.58. The fourth-order valence-electron chi connectivity index (χ4n) is 0.271. The van der Waals surface area contributed by atoms with Crippen molar-refractivity contribution in [2.24, 2.45) is 0 Å². The fourth-order valence-corrected chi connectivity index (χ4v) is 1.28. The Labute approximate surface area is 60.1 Å². The van der Waals surface area contributed by atoms with Crippen LogP contribution in [0.25, 0.3) is 0 Å². The van der Waals surface area contributed by atoms with Crippen molar-refractivity contribution in [3.05, 3.63) is 10.8 Å². The Hall–Kier alpha value is 0.440. The molecule has 0 saturated heterocycles. The third kappa shape index (κ3) is 6.44. The van der Waals surface area contributed by atoms with E-state index in [0.29, 0.717) is 0 Å². The van der Waals surface area contributed by atoms with E-state index in [0.717, 1.165) is 0 Å². The summed E-state index contributed by atoms with van der Waals surface area (Å²) >= 11 is 3.69. The molecule has 0 saturated carbocycles. The maximum atomic E-state index is 2.16. The van der Waals surface area contributed by atoms with Crippen molar-refractivity contribution in [3.8, 4) is 0 Å². The molecule has 0 heterocycles. The minimum absolute atomic E-state index is 1.18. The highest BCUT2D eigenvalue weighted by Crippen LogP contribution is 2.06. The van der Waals surface area contributed by atoms with E-state index in [1.165, 1.54) is 11.5 Å². The van der Waals surface area contributed by atoms with Crippen LogP contribution < -0.4 is 0 Å². The van der Waals surface area contributed by atoms with Gasteiger partial charge in [-0.25, -0.2) is 0 Å². The van der Waals surface area contributed by atoms with Gasteiger partial charge in [0.1, 0.15) is 0 Å². The van der Waals surface area contributed by atoms with Crippen LogP contribution in [0.2, 0.25) is 0 Å². The van der Waals surface area contributed by atoms with Crippen molar-refractivity contribution < 1.29 is 0 Å². The maximum absolute atomic E-state index is 2.16. The molecular weight excluding hydrogens is 136 g/mol. The largest absolute Gasteiger partial charge is 0.134 e. The lowest BCUT2D eigenvalue weighted by atomic mass is 11.0. The van der Waals surface area contributed by atoms with Gasteiger partial charge in [0.25, 0.3) is 0 Å². The molecule has 0 aliphatic rings. The number of rotatable bonds is 4. The van der Waals surface area contributed by atoms with Crippen LogP contribution in [0.3, 0.4) is 0 Å². The molecule has 0 nitrogen and oxygen atoms in total. The average molecular weight is 148 g/mol. The zero-order valence-electron chi connectivity index (χ0n) is 5.39. The molecule has 2 heteroatoms. The predicted molar refractivity (Wildman–Crippen MR) is 45.4 cm³/mol. The van der Waals surface area contributed by atoms with E-state index < -0.39 is 0 Å². The quantitative estimate of drug-likeness (QED) is 0.601. The summed E-state index contributed by atoms with van der Waals surface area (Å²) in [5.41, 5.74) is 0. The van der Waals surface area contributed by atoms with E-state index in [1.54, 1.807) is 0 Å². The van der Waals surface area contributed by atoms with Crippen molar-refractivity contribution in [2.75, 3.05) is 11.5 Å². The van der Waals surface area contributed by atoms with E-state index in [4.69, 9.17) is 0 Å². The van der Waals surface area contributed by atoms with Crippen LogP contribution in [0.4, 0.5) is 0 Å². The number of hydrogen-bond acceptors (Lipinski definition) is 2. The molecule has 0 aliphatic heterocycles. The van der Waals surface area contributed by atoms with Gasteiger partial charge in [0.2, 0.25) is 0 Å². The molecule has 0 fully saturated rings. The van der Waals surface area contributed by atoms with E-state index in [2.05, 4.69) is 24.7 Å². The Bertz CT molecular complexity index is 51.5. The molecule has 0 N–H and O–H groups in total. The van der Waals surface area contributed by atoms with Crippen molar-refractivity contribution in [2.45, 2.75) is 13.8 Å². The molecule has 0 amide bonds. The first-order chi connectivity index (χ1) is 3.91. The monoisotopic (exact) mass is 148 g/mol. The Morgan fingerprint density at radius 3 is 1.62 bits per heavy atom. The van der Waals surface area contributed by atoms with Crippen molar-refractivity contribution in [3.63, 3.8) is 0 Å². The Morgan fingerprint density at radius 2 is 1.38 bits per heavy atom. The normalized spacial score (nSPS) is 10.8.